The maximum absolute atomic E-state index is 13.1. The fourth-order valence-electron chi connectivity index (χ4n) is 3.85. The molecule has 7 heteroatoms. The van der Waals surface area contributed by atoms with Crippen molar-refractivity contribution in [2.24, 2.45) is 4.99 Å². The van der Waals surface area contributed by atoms with Crippen molar-refractivity contribution in [3.8, 4) is 0 Å². The Morgan fingerprint density at radius 2 is 1.77 bits per heavy atom. The lowest BCUT2D eigenvalue weighted by atomic mass is 9.96. The Labute approximate surface area is 186 Å². The van der Waals surface area contributed by atoms with Crippen LogP contribution in [0.3, 0.4) is 0 Å². The molecule has 0 radical (unpaired) electrons. The number of hydrogen-bond donors (Lipinski definition) is 2. The van der Waals surface area contributed by atoms with Crippen molar-refractivity contribution < 1.29 is 4.79 Å². The quantitative estimate of drug-likeness (QED) is 0.629. The van der Waals surface area contributed by atoms with Gasteiger partial charge in [0.05, 0.1) is 11.4 Å². The molecule has 1 atom stereocenters. The number of nitrogen functional groups attached to an aromatic ring is 1. The van der Waals surface area contributed by atoms with Crippen LogP contribution < -0.4 is 11.1 Å². The van der Waals surface area contributed by atoms with E-state index in [4.69, 9.17) is 22.3 Å². The highest BCUT2D eigenvalue weighted by molar-refractivity contribution is 6.32. The smallest absolute Gasteiger partial charge is 0.249 e. The number of fused-ring (bicyclic) bond motifs is 1. The zero-order valence-electron chi connectivity index (χ0n) is 17.5. The largest absolute Gasteiger partial charge is 0.368 e. The van der Waals surface area contributed by atoms with Crippen molar-refractivity contribution >= 4 is 34.9 Å². The maximum atomic E-state index is 13.1. The number of nitrogens with two attached hydrogens (primary N) is 1. The molecule has 0 bridgehead atoms. The van der Waals surface area contributed by atoms with Gasteiger partial charge in [0, 0.05) is 35.0 Å². The number of anilines is 2. The van der Waals surface area contributed by atoms with Crippen LogP contribution in [0, 0.1) is 0 Å². The molecule has 0 saturated heterocycles. The number of aliphatic imine (C=N–C) groups is 1. The summed E-state index contributed by atoms with van der Waals surface area (Å²) in [6.45, 7) is 4.30. The highest BCUT2D eigenvalue weighted by Crippen LogP contribution is 2.28. The molecule has 0 aliphatic carbocycles. The number of nitrogens with zero attached hydrogens (tertiary/aromatic N) is 3. The van der Waals surface area contributed by atoms with Crippen molar-refractivity contribution in [2.75, 3.05) is 11.1 Å². The first-order valence-electron chi connectivity index (χ1n) is 10.4. The normalized spacial score (nSPS) is 15.6. The fraction of sp³-hybridized carbons (Fsp3) is 0.250. The standard InChI is InChI=1S/C24H24ClN5O/c1-3-15-6-5-14(9-16(15)4-2)10-21-23(31)30-20-8-7-18(25)11-19(20)22(29-21)17-12-27-24(26)28-13-17/h5-9,11-13,21H,3-4,10H2,1-2H3,(H,30,31)(H2,26,27,28). The van der Waals surface area contributed by atoms with E-state index in [1.54, 1.807) is 30.6 Å². The molecule has 0 fully saturated rings. The van der Waals surface area contributed by atoms with Crippen LogP contribution >= 0.6 is 11.6 Å². The number of rotatable bonds is 5. The minimum Gasteiger partial charge on any atom is -0.368 e. The van der Waals surface area contributed by atoms with E-state index < -0.39 is 6.04 Å². The summed E-state index contributed by atoms with van der Waals surface area (Å²) in [6.07, 6.45) is 5.66. The Kier molecular flexibility index (Phi) is 6.00. The number of aromatic nitrogens is 2. The number of nitrogens with one attached hydrogen (secondary N) is 1. The third-order valence-electron chi connectivity index (χ3n) is 5.49. The van der Waals surface area contributed by atoms with Crippen LogP contribution in [0.2, 0.25) is 5.02 Å². The summed E-state index contributed by atoms with van der Waals surface area (Å²) in [5.74, 6) is 0.0192. The minimum atomic E-state index is -0.601. The Morgan fingerprint density at radius 3 is 2.48 bits per heavy atom. The van der Waals surface area contributed by atoms with E-state index in [0.717, 1.165) is 24.0 Å². The van der Waals surface area contributed by atoms with Crippen molar-refractivity contribution in [2.45, 2.75) is 39.2 Å². The first-order valence-corrected chi connectivity index (χ1v) is 10.7. The Morgan fingerprint density at radius 1 is 1.03 bits per heavy atom. The number of aryl methyl sites for hydroxylation is 2. The molecule has 158 valence electrons. The van der Waals surface area contributed by atoms with E-state index in [9.17, 15) is 4.79 Å². The van der Waals surface area contributed by atoms with Crippen molar-refractivity contribution in [1.29, 1.82) is 0 Å². The molecule has 0 saturated carbocycles. The molecule has 3 aromatic rings. The third-order valence-corrected chi connectivity index (χ3v) is 5.72. The van der Waals surface area contributed by atoms with Gasteiger partial charge in [-0.05, 0) is 47.7 Å². The summed E-state index contributed by atoms with van der Waals surface area (Å²) < 4.78 is 0. The number of benzodiazepines with no additional fused rings is 1. The predicted molar refractivity (Wildman–Crippen MR) is 125 cm³/mol. The van der Waals surface area contributed by atoms with Crippen LogP contribution in [0.1, 0.15) is 41.7 Å². The minimum absolute atomic E-state index is 0.160. The summed E-state index contributed by atoms with van der Waals surface area (Å²) in [4.78, 5) is 26.1. The molecule has 0 spiro atoms. The van der Waals surface area contributed by atoms with Gasteiger partial charge in [-0.3, -0.25) is 9.79 Å². The van der Waals surface area contributed by atoms with Gasteiger partial charge < -0.3 is 11.1 Å². The topological polar surface area (TPSA) is 93.3 Å². The van der Waals surface area contributed by atoms with Crippen LogP contribution in [-0.4, -0.2) is 27.6 Å². The lowest BCUT2D eigenvalue weighted by Gasteiger charge is -2.14. The second-order valence-electron chi connectivity index (χ2n) is 7.52. The number of carbonyl (C=O) groups excluding carboxylic acids is 1. The highest BCUT2D eigenvalue weighted by atomic mass is 35.5. The van der Waals surface area contributed by atoms with E-state index in [0.29, 0.717) is 28.4 Å². The zero-order valence-corrected chi connectivity index (χ0v) is 18.3. The van der Waals surface area contributed by atoms with Gasteiger partial charge in [0.25, 0.3) is 0 Å². The maximum Gasteiger partial charge on any atom is 0.249 e. The first kappa shape index (κ1) is 21.0. The SMILES string of the molecule is CCc1ccc(CC2N=C(c3cnc(N)nc3)c3cc(Cl)ccc3NC2=O)cc1CC. The molecule has 1 amide bonds. The van der Waals surface area contributed by atoms with Gasteiger partial charge in [0.2, 0.25) is 11.9 Å². The molecule has 6 nitrogen and oxygen atoms in total. The third kappa shape index (κ3) is 4.44. The van der Waals surface area contributed by atoms with E-state index >= 15 is 0 Å². The number of hydrogen-bond acceptors (Lipinski definition) is 5. The van der Waals surface area contributed by atoms with E-state index in [1.165, 1.54) is 11.1 Å². The molecular formula is C24H24ClN5O. The lowest BCUT2D eigenvalue weighted by molar-refractivity contribution is -0.117. The molecule has 1 unspecified atom stereocenters. The van der Waals surface area contributed by atoms with Crippen LogP contribution in [-0.2, 0) is 24.1 Å². The van der Waals surface area contributed by atoms with E-state index in [-0.39, 0.29) is 11.9 Å². The summed E-state index contributed by atoms with van der Waals surface area (Å²) in [6, 6.07) is 11.1. The number of carbonyl (C=O) groups is 1. The molecule has 1 aliphatic heterocycles. The predicted octanol–water partition coefficient (Wildman–Crippen LogP) is 4.24. The van der Waals surface area contributed by atoms with Crippen LogP contribution in [0.25, 0.3) is 0 Å². The molecule has 31 heavy (non-hydrogen) atoms. The van der Waals surface area contributed by atoms with Gasteiger partial charge in [-0.25, -0.2) is 9.97 Å². The van der Waals surface area contributed by atoms with Crippen molar-refractivity contribution in [3.05, 3.63) is 81.6 Å². The fourth-order valence-corrected chi connectivity index (χ4v) is 4.03. The van der Waals surface area contributed by atoms with Gasteiger partial charge in [-0.15, -0.1) is 0 Å². The molecule has 3 N–H and O–H groups in total. The first-order chi connectivity index (χ1) is 15.0. The van der Waals surface area contributed by atoms with Crippen molar-refractivity contribution in [3.63, 3.8) is 0 Å². The summed E-state index contributed by atoms with van der Waals surface area (Å²) in [5, 5.41) is 3.56. The van der Waals surface area contributed by atoms with Gasteiger partial charge in [0.1, 0.15) is 6.04 Å². The summed E-state index contributed by atoms with van der Waals surface area (Å²) in [5.41, 5.74) is 12.1. The van der Waals surface area contributed by atoms with Gasteiger partial charge in [0.15, 0.2) is 0 Å². The summed E-state index contributed by atoms with van der Waals surface area (Å²) in [7, 11) is 0. The van der Waals surface area contributed by atoms with Crippen LogP contribution in [0.4, 0.5) is 11.6 Å². The summed E-state index contributed by atoms with van der Waals surface area (Å²) >= 11 is 6.25. The number of benzene rings is 2. The van der Waals surface area contributed by atoms with Gasteiger partial charge >= 0.3 is 0 Å². The molecule has 2 aromatic carbocycles. The lowest BCUT2D eigenvalue weighted by Crippen LogP contribution is -2.27. The molecule has 4 rings (SSSR count). The number of amides is 1. The average molecular weight is 434 g/mol. The second kappa shape index (κ2) is 8.86. The second-order valence-corrected chi connectivity index (χ2v) is 7.95. The van der Waals surface area contributed by atoms with Gasteiger partial charge in [-0.2, -0.15) is 0 Å². The zero-order chi connectivity index (χ0) is 22.0. The highest BCUT2D eigenvalue weighted by Gasteiger charge is 2.27. The molecular weight excluding hydrogens is 410 g/mol. The molecule has 2 heterocycles. The molecule has 1 aliphatic rings. The Bertz CT molecular complexity index is 1160. The average Bonchev–Trinajstić information content (AvgIpc) is 2.90. The van der Waals surface area contributed by atoms with E-state index in [2.05, 4.69) is 47.3 Å². The van der Waals surface area contributed by atoms with Crippen molar-refractivity contribution in [1.82, 2.24) is 9.97 Å². The monoisotopic (exact) mass is 433 g/mol. The Hall–Kier alpha value is -3.25. The van der Waals surface area contributed by atoms with E-state index in [1.807, 2.05) is 0 Å². The molecule has 1 aromatic heterocycles. The van der Waals surface area contributed by atoms with Gasteiger partial charge in [-0.1, -0.05) is 43.6 Å². The number of halogens is 1. The van der Waals surface area contributed by atoms with Crippen LogP contribution in [0.5, 0.6) is 0 Å². The Balaban J connectivity index is 1.78. The van der Waals surface area contributed by atoms with Crippen LogP contribution in [0.15, 0.2) is 53.8 Å².